The maximum Gasteiger partial charge on any atom is 0.227 e. The Morgan fingerprint density at radius 3 is 2.38 bits per heavy atom. The van der Waals surface area contributed by atoms with Gasteiger partial charge in [-0.3, -0.25) is 4.79 Å². The van der Waals surface area contributed by atoms with Crippen molar-refractivity contribution in [3.05, 3.63) is 130 Å². The number of ether oxygens (including phenoxy) is 1. The summed E-state index contributed by atoms with van der Waals surface area (Å²) in [6.07, 6.45) is 8.49. The first-order chi connectivity index (χ1) is 20.3. The average Bonchev–Trinajstić information content (AvgIpc) is 2.99. The molecule has 0 radical (unpaired) electrons. The Morgan fingerprint density at radius 1 is 0.905 bits per heavy atom. The zero-order chi connectivity index (χ0) is 29.5. The van der Waals surface area contributed by atoms with Crippen molar-refractivity contribution in [2.24, 2.45) is 0 Å². The molecule has 1 fully saturated rings. The molecule has 2 heterocycles. The van der Waals surface area contributed by atoms with E-state index >= 15 is 0 Å². The fourth-order valence-electron chi connectivity index (χ4n) is 5.97. The molecule has 0 saturated carbocycles. The standard InChI is InChI=1S/C36H39Cl2N2O2/c1-27(2)42-32-11-6-10-30(23-32)24-35(41)40-18-7-16-36(26-40,31-12-13-33(37)34(38)25-31)17-21-39-19-14-29(15-20-39)22-28-8-4-3-5-9-28/h3-6,8-15,19-20,23,25,27H,7,16-18,21-22,24,26H2,1-2H3/q+1. The molecule has 0 aliphatic carbocycles. The first-order valence-corrected chi connectivity index (χ1v) is 15.6. The SMILES string of the molecule is CC(C)Oc1cccc(CC(=O)N2CCCC(CC[n+]3ccc(Cc4ccccc4)cc3)(c3ccc(Cl)c(Cl)c3)C2)c1. The van der Waals surface area contributed by atoms with Gasteiger partial charge in [-0.2, -0.15) is 0 Å². The largest absolute Gasteiger partial charge is 0.491 e. The lowest BCUT2D eigenvalue weighted by Crippen LogP contribution is -2.51. The van der Waals surface area contributed by atoms with Crippen molar-refractivity contribution in [1.29, 1.82) is 0 Å². The van der Waals surface area contributed by atoms with Crippen molar-refractivity contribution < 1.29 is 14.1 Å². The fourth-order valence-corrected chi connectivity index (χ4v) is 6.27. The summed E-state index contributed by atoms with van der Waals surface area (Å²) >= 11 is 12.8. The monoisotopic (exact) mass is 601 g/mol. The highest BCUT2D eigenvalue weighted by Crippen LogP contribution is 2.40. The minimum absolute atomic E-state index is 0.0859. The van der Waals surface area contributed by atoms with E-state index in [1.54, 1.807) is 0 Å². The molecule has 1 unspecified atom stereocenters. The first kappa shape index (κ1) is 30.1. The molecule has 5 rings (SSSR count). The zero-order valence-corrected chi connectivity index (χ0v) is 26.0. The summed E-state index contributed by atoms with van der Waals surface area (Å²) in [5.41, 5.74) is 4.48. The van der Waals surface area contributed by atoms with Gasteiger partial charge in [0, 0.05) is 37.1 Å². The molecular weight excluding hydrogens is 563 g/mol. The van der Waals surface area contributed by atoms with Gasteiger partial charge < -0.3 is 9.64 Å². The van der Waals surface area contributed by atoms with Gasteiger partial charge in [0.1, 0.15) is 12.3 Å². The number of piperidine rings is 1. The van der Waals surface area contributed by atoms with Crippen molar-refractivity contribution in [1.82, 2.24) is 4.90 Å². The normalized spacial score (nSPS) is 16.9. The van der Waals surface area contributed by atoms with E-state index in [0.717, 1.165) is 55.6 Å². The second kappa shape index (κ2) is 13.8. The Bertz CT molecular complexity index is 1490. The Morgan fingerprint density at radius 2 is 1.64 bits per heavy atom. The second-order valence-corrected chi connectivity index (χ2v) is 12.5. The third-order valence-electron chi connectivity index (χ3n) is 8.15. The first-order valence-electron chi connectivity index (χ1n) is 14.8. The van der Waals surface area contributed by atoms with Gasteiger partial charge in [0.05, 0.1) is 22.6 Å². The van der Waals surface area contributed by atoms with Crippen LogP contribution in [-0.4, -0.2) is 30.0 Å². The molecule has 1 amide bonds. The maximum absolute atomic E-state index is 13.6. The molecule has 3 aromatic carbocycles. The number of halogens is 2. The molecule has 4 aromatic rings. The van der Waals surface area contributed by atoms with Crippen LogP contribution in [0.5, 0.6) is 5.75 Å². The third-order valence-corrected chi connectivity index (χ3v) is 8.89. The highest BCUT2D eigenvalue weighted by atomic mass is 35.5. The Kier molecular flexibility index (Phi) is 9.87. The van der Waals surface area contributed by atoms with Gasteiger partial charge in [0.15, 0.2) is 12.4 Å². The lowest BCUT2D eigenvalue weighted by Gasteiger charge is -2.43. The summed E-state index contributed by atoms with van der Waals surface area (Å²) < 4.78 is 8.10. The number of carbonyl (C=O) groups is 1. The number of hydrogen-bond donors (Lipinski definition) is 0. The van der Waals surface area contributed by atoms with Crippen molar-refractivity contribution in [2.45, 2.75) is 64.0 Å². The number of aryl methyl sites for hydroxylation is 1. The molecule has 1 saturated heterocycles. The van der Waals surface area contributed by atoms with Crippen LogP contribution in [0.25, 0.3) is 0 Å². The van der Waals surface area contributed by atoms with Crippen LogP contribution in [0.15, 0.2) is 97.3 Å². The van der Waals surface area contributed by atoms with E-state index in [1.807, 2.05) is 61.2 Å². The molecule has 1 aliphatic rings. The predicted molar refractivity (Wildman–Crippen MR) is 170 cm³/mol. The molecule has 42 heavy (non-hydrogen) atoms. The quantitative estimate of drug-likeness (QED) is 0.173. The van der Waals surface area contributed by atoms with Crippen LogP contribution in [0.1, 0.15) is 55.4 Å². The zero-order valence-electron chi connectivity index (χ0n) is 24.4. The van der Waals surface area contributed by atoms with Crippen molar-refractivity contribution in [3.63, 3.8) is 0 Å². The third kappa shape index (κ3) is 7.73. The molecule has 6 heteroatoms. The Balaban J connectivity index is 1.32. The maximum atomic E-state index is 13.6. The summed E-state index contributed by atoms with van der Waals surface area (Å²) in [6, 6.07) is 28.8. The van der Waals surface area contributed by atoms with Gasteiger partial charge in [-0.25, -0.2) is 4.57 Å². The number of nitrogens with zero attached hydrogens (tertiary/aromatic N) is 2. The van der Waals surface area contributed by atoms with Crippen LogP contribution in [-0.2, 0) is 29.6 Å². The summed E-state index contributed by atoms with van der Waals surface area (Å²) in [6.45, 7) is 6.25. The van der Waals surface area contributed by atoms with Crippen LogP contribution in [0.2, 0.25) is 10.0 Å². The number of rotatable bonds is 10. The van der Waals surface area contributed by atoms with Crippen LogP contribution < -0.4 is 9.30 Å². The summed E-state index contributed by atoms with van der Waals surface area (Å²) in [4.78, 5) is 15.7. The van der Waals surface area contributed by atoms with Crippen LogP contribution in [0.4, 0.5) is 0 Å². The molecule has 218 valence electrons. The highest BCUT2D eigenvalue weighted by molar-refractivity contribution is 6.42. The minimum Gasteiger partial charge on any atom is -0.491 e. The van der Waals surface area contributed by atoms with E-state index in [1.165, 1.54) is 11.1 Å². The van der Waals surface area contributed by atoms with Crippen molar-refractivity contribution in [3.8, 4) is 5.75 Å². The van der Waals surface area contributed by atoms with Crippen molar-refractivity contribution >= 4 is 29.1 Å². The molecule has 0 N–H and O–H groups in total. The van der Waals surface area contributed by atoms with E-state index < -0.39 is 0 Å². The summed E-state index contributed by atoms with van der Waals surface area (Å²) in [5, 5.41) is 1.10. The van der Waals surface area contributed by atoms with E-state index in [-0.39, 0.29) is 17.4 Å². The molecular formula is C36H39Cl2N2O2+. The molecule has 0 bridgehead atoms. The molecule has 1 aliphatic heterocycles. The van der Waals surface area contributed by atoms with E-state index in [0.29, 0.717) is 23.0 Å². The molecule has 1 aromatic heterocycles. The summed E-state index contributed by atoms with van der Waals surface area (Å²) in [5.74, 6) is 0.935. The number of hydrogen-bond acceptors (Lipinski definition) is 2. The van der Waals surface area contributed by atoms with Gasteiger partial charge in [-0.05, 0) is 79.6 Å². The van der Waals surface area contributed by atoms with Crippen molar-refractivity contribution in [2.75, 3.05) is 13.1 Å². The smallest absolute Gasteiger partial charge is 0.227 e. The van der Waals surface area contributed by atoms with Gasteiger partial charge in [0.2, 0.25) is 5.91 Å². The molecule has 1 atom stereocenters. The van der Waals surface area contributed by atoms with E-state index in [4.69, 9.17) is 27.9 Å². The van der Waals surface area contributed by atoms with Gasteiger partial charge in [-0.15, -0.1) is 0 Å². The fraction of sp³-hybridized carbons (Fsp3) is 0.333. The number of pyridine rings is 1. The highest BCUT2D eigenvalue weighted by Gasteiger charge is 2.39. The number of benzene rings is 3. The van der Waals surface area contributed by atoms with Gasteiger partial charge >= 0.3 is 0 Å². The van der Waals surface area contributed by atoms with Crippen LogP contribution >= 0.6 is 23.2 Å². The summed E-state index contributed by atoms with van der Waals surface area (Å²) in [7, 11) is 0. The van der Waals surface area contributed by atoms with E-state index in [2.05, 4.69) is 59.4 Å². The molecule has 0 spiro atoms. The second-order valence-electron chi connectivity index (χ2n) is 11.7. The minimum atomic E-state index is -0.222. The lowest BCUT2D eigenvalue weighted by atomic mass is 9.71. The number of aromatic nitrogens is 1. The topological polar surface area (TPSA) is 33.4 Å². The number of likely N-dealkylation sites (tertiary alicyclic amines) is 1. The number of carbonyl (C=O) groups excluding carboxylic acids is 1. The Hall–Kier alpha value is -3.34. The molecule has 4 nitrogen and oxygen atoms in total. The number of amides is 1. The lowest BCUT2D eigenvalue weighted by molar-refractivity contribution is -0.698. The van der Waals surface area contributed by atoms with E-state index in [9.17, 15) is 4.79 Å². The van der Waals surface area contributed by atoms with Gasteiger partial charge in [-0.1, -0.05) is 71.7 Å². The average molecular weight is 603 g/mol. The van der Waals surface area contributed by atoms with Crippen LogP contribution in [0, 0.1) is 0 Å². The van der Waals surface area contributed by atoms with Gasteiger partial charge in [0.25, 0.3) is 0 Å². The van der Waals surface area contributed by atoms with Crippen LogP contribution in [0.3, 0.4) is 0 Å². The predicted octanol–water partition coefficient (Wildman–Crippen LogP) is 7.85. The Labute approximate surface area is 259 Å².